The number of nitrogens with zero attached hydrogens (tertiary/aromatic N) is 3. The molecule has 1 aliphatic heterocycles. The Labute approximate surface area is 153 Å². The Bertz CT molecular complexity index is 754. The van der Waals surface area contributed by atoms with E-state index in [4.69, 9.17) is 11.6 Å². The number of halogens is 2. The molecule has 1 unspecified atom stereocenters. The Morgan fingerprint density at radius 3 is 2.84 bits per heavy atom. The molecule has 2 fully saturated rings. The van der Waals surface area contributed by atoms with Gasteiger partial charge in [-0.05, 0) is 55.5 Å². The van der Waals surface area contributed by atoms with Gasteiger partial charge in [-0.2, -0.15) is 0 Å². The van der Waals surface area contributed by atoms with Gasteiger partial charge in [0.1, 0.15) is 11.6 Å². The fourth-order valence-electron chi connectivity index (χ4n) is 4.18. The van der Waals surface area contributed by atoms with Crippen LogP contribution < -0.4 is 5.32 Å². The summed E-state index contributed by atoms with van der Waals surface area (Å²) in [6.07, 6.45) is 7.54. The first kappa shape index (κ1) is 17.0. The summed E-state index contributed by atoms with van der Waals surface area (Å²) in [6.45, 7) is 3.79. The smallest absolute Gasteiger partial charge is 0.141 e. The van der Waals surface area contributed by atoms with Gasteiger partial charge in [0.05, 0.1) is 11.6 Å². The molecule has 4 nitrogen and oxygen atoms in total. The van der Waals surface area contributed by atoms with Crippen molar-refractivity contribution in [2.24, 2.45) is 12.5 Å². The zero-order chi connectivity index (χ0) is 17.4. The van der Waals surface area contributed by atoms with Crippen molar-refractivity contribution in [3.63, 3.8) is 0 Å². The Kier molecular flexibility index (Phi) is 4.56. The van der Waals surface area contributed by atoms with E-state index in [1.165, 1.54) is 25.3 Å². The summed E-state index contributed by atoms with van der Waals surface area (Å²) in [5, 5.41) is 3.66. The Morgan fingerprint density at radius 1 is 1.36 bits per heavy atom. The second-order valence-corrected chi connectivity index (χ2v) is 7.85. The maximum absolute atomic E-state index is 13.5. The van der Waals surface area contributed by atoms with Gasteiger partial charge in [-0.15, -0.1) is 0 Å². The number of piperidine rings is 1. The van der Waals surface area contributed by atoms with E-state index in [1.54, 1.807) is 6.07 Å². The minimum Gasteiger partial charge on any atom is -0.337 e. The van der Waals surface area contributed by atoms with Gasteiger partial charge < -0.3 is 9.88 Å². The lowest BCUT2D eigenvalue weighted by Crippen LogP contribution is -2.36. The summed E-state index contributed by atoms with van der Waals surface area (Å²) < 4.78 is 15.6. The van der Waals surface area contributed by atoms with Crippen molar-refractivity contribution >= 4 is 11.6 Å². The third-order valence-electron chi connectivity index (χ3n) is 5.82. The number of nitrogens with one attached hydrogen (secondary N) is 1. The second kappa shape index (κ2) is 6.71. The van der Waals surface area contributed by atoms with E-state index in [1.807, 2.05) is 25.5 Å². The molecule has 0 radical (unpaired) electrons. The van der Waals surface area contributed by atoms with Crippen LogP contribution >= 0.6 is 11.6 Å². The molecule has 25 heavy (non-hydrogen) atoms. The minimum atomic E-state index is -0.359. The summed E-state index contributed by atoms with van der Waals surface area (Å²) in [4.78, 5) is 6.99. The van der Waals surface area contributed by atoms with Gasteiger partial charge in [0, 0.05) is 32.0 Å². The molecule has 0 amide bonds. The van der Waals surface area contributed by atoms with Crippen LogP contribution in [-0.4, -0.2) is 33.6 Å². The zero-order valence-electron chi connectivity index (χ0n) is 14.5. The van der Waals surface area contributed by atoms with Crippen LogP contribution in [0.2, 0.25) is 5.02 Å². The highest BCUT2D eigenvalue weighted by Crippen LogP contribution is 2.56. The molecule has 2 aromatic rings. The Hall–Kier alpha value is -1.43. The van der Waals surface area contributed by atoms with Crippen LogP contribution in [0, 0.1) is 11.2 Å². The SMILES string of the molecule is Cn1ccnc1CN(Cc1ccc(F)c(Cl)c1)C1CC12CCNCC2. The van der Waals surface area contributed by atoms with E-state index in [2.05, 4.69) is 19.8 Å². The molecule has 1 aromatic carbocycles. The Morgan fingerprint density at radius 2 is 2.16 bits per heavy atom. The average Bonchev–Trinajstić information content (AvgIpc) is 3.13. The van der Waals surface area contributed by atoms with Gasteiger partial charge in [0.2, 0.25) is 0 Å². The van der Waals surface area contributed by atoms with Crippen LogP contribution in [0.4, 0.5) is 4.39 Å². The number of imidazole rings is 1. The molecular weight excluding hydrogens is 339 g/mol. The molecule has 1 N–H and O–H groups in total. The van der Waals surface area contributed by atoms with Crippen molar-refractivity contribution in [3.05, 3.63) is 52.8 Å². The molecule has 1 saturated heterocycles. The molecule has 1 saturated carbocycles. The lowest BCUT2D eigenvalue weighted by Gasteiger charge is -2.29. The van der Waals surface area contributed by atoms with E-state index in [9.17, 15) is 4.39 Å². The molecule has 1 aliphatic carbocycles. The van der Waals surface area contributed by atoms with Crippen molar-refractivity contribution in [2.45, 2.75) is 38.4 Å². The molecule has 134 valence electrons. The summed E-state index contributed by atoms with van der Waals surface area (Å²) in [5.41, 5.74) is 1.50. The molecule has 0 bridgehead atoms. The van der Waals surface area contributed by atoms with E-state index < -0.39 is 0 Å². The lowest BCUT2D eigenvalue weighted by atomic mass is 9.93. The quantitative estimate of drug-likeness (QED) is 0.885. The molecule has 1 atom stereocenters. The van der Waals surface area contributed by atoms with Crippen molar-refractivity contribution in [3.8, 4) is 0 Å². The first-order valence-corrected chi connectivity index (χ1v) is 9.30. The van der Waals surface area contributed by atoms with Gasteiger partial charge in [0.15, 0.2) is 0 Å². The highest BCUT2D eigenvalue weighted by Gasteiger charge is 2.56. The van der Waals surface area contributed by atoms with Crippen LogP contribution in [0.5, 0.6) is 0 Å². The number of hydrogen-bond acceptors (Lipinski definition) is 3. The molecule has 4 rings (SSSR count). The van der Waals surface area contributed by atoms with Crippen molar-refractivity contribution in [1.82, 2.24) is 19.8 Å². The third kappa shape index (κ3) is 3.46. The highest BCUT2D eigenvalue weighted by atomic mass is 35.5. The summed E-state index contributed by atoms with van der Waals surface area (Å²) in [7, 11) is 2.03. The summed E-state index contributed by atoms with van der Waals surface area (Å²) >= 11 is 5.98. The van der Waals surface area contributed by atoms with Crippen LogP contribution in [0.25, 0.3) is 0 Å². The molecule has 1 spiro atoms. The van der Waals surface area contributed by atoms with E-state index in [0.29, 0.717) is 11.5 Å². The van der Waals surface area contributed by atoms with Gasteiger partial charge in [-0.3, -0.25) is 4.90 Å². The molecule has 2 aliphatic rings. The van der Waals surface area contributed by atoms with Crippen LogP contribution in [0.15, 0.2) is 30.6 Å². The average molecular weight is 363 g/mol. The number of rotatable bonds is 5. The fourth-order valence-corrected chi connectivity index (χ4v) is 4.39. The monoisotopic (exact) mass is 362 g/mol. The largest absolute Gasteiger partial charge is 0.337 e. The van der Waals surface area contributed by atoms with Crippen LogP contribution in [0.3, 0.4) is 0 Å². The fraction of sp³-hybridized carbons (Fsp3) is 0.526. The molecule has 1 aromatic heterocycles. The predicted molar refractivity (Wildman–Crippen MR) is 96.8 cm³/mol. The summed E-state index contributed by atoms with van der Waals surface area (Å²) in [6, 6.07) is 5.61. The molecule has 2 heterocycles. The van der Waals surface area contributed by atoms with Crippen LogP contribution in [0.1, 0.15) is 30.7 Å². The Balaban J connectivity index is 1.55. The minimum absolute atomic E-state index is 0.196. The maximum atomic E-state index is 13.5. The first-order valence-electron chi connectivity index (χ1n) is 8.92. The second-order valence-electron chi connectivity index (χ2n) is 7.44. The lowest BCUT2D eigenvalue weighted by molar-refractivity contribution is 0.182. The number of hydrogen-bond donors (Lipinski definition) is 1. The topological polar surface area (TPSA) is 33.1 Å². The predicted octanol–water partition coefficient (Wildman–Crippen LogP) is 3.36. The van der Waals surface area contributed by atoms with E-state index in [-0.39, 0.29) is 10.8 Å². The van der Waals surface area contributed by atoms with Crippen molar-refractivity contribution in [1.29, 1.82) is 0 Å². The van der Waals surface area contributed by atoms with Gasteiger partial charge >= 0.3 is 0 Å². The van der Waals surface area contributed by atoms with E-state index >= 15 is 0 Å². The summed E-state index contributed by atoms with van der Waals surface area (Å²) in [5.74, 6) is 0.700. The van der Waals surface area contributed by atoms with Gasteiger partial charge in [-0.25, -0.2) is 9.37 Å². The normalized spacial score (nSPS) is 21.8. The first-order chi connectivity index (χ1) is 12.1. The standard InChI is InChI=1S/C19H24ClFN4/c1-24-9-8-23-18(24)13-25(12-14-2-3-16(21)15(20)10-14)17-11-19(17)4-6-22-7-5-19/h2-3,8-10,17,22H,4-7,11-13H2,1H3. The van der Waals surface area contributed by atoms with Crippen molar-refractivity contribution in [2.75, 3.05) is 13.1 Å². The number of aryl methyl sites for hydroxylation is 1. The van der Waals surface area contributed by atoms with E-state index in [0.717, 1.165) is 37.6 Å². The molecular formula is C19H24ClFN4. The maximum Gasteiger partial charge on any atom is 0.141 e. The third-order valence-corrected chi connectivity index (χ3v) is 6.11. The van der Waals surface area contributed by atoms with Crippen LogP contribution in [-0.2, 0) is 20.1 Å². The van der Waals surface area contributed by atoms with Gasteiger partial charge in [0.25, 0.3) is 0 Å². The number of benzene rings is 1. The molecule has 6 heteroatoms. The highest BCUT2D eigenvalue weighted by molar-refractivity contribution is 6.30. The number of aromatic nitrogens is 2. The van der Waals surface area contributed by atoms with Crippen molar-refractivity contribution < 1.29 is 4.39 Å². The zero-order valence-corrected chi connectivity index (χ0v) is 15.3. The van der Waals surface area contributed by atoms with Gasteiger partial charge in [-0.1, -0.05) is 17.7 Å².